The number of hydrogen-bond donors (Lipinski definition) is 1. The second kappa shape index (κ2) is 10.7. The maximum atomic E-state index is 14.6. The Morgan fingerprint density at radius 2 is 1.97 bits per heavy atom. The van der Waals surface area contributed by atoms with Crippen molar-refractivity contribution in [2.75, 3.05) is 19.8 Å². The van der Waals surface area contributed by atoms with Crippen LogP contribution in [0.4, 0.5) is 0 Å². The summed E-state index contributed by atoms with van der Waals surface area (Å²) in [6.07, 6.45) is 9.15. The highest BCUT2D eigenvalue weighted by molar-refractivity contribution is 8.02. The van der Waals surface area contributed by atoms with Crippen LogP contribution < -0.4 is 0 Å². The molecule has 3 heterocycles. The molecule has 202 valence electrons. The second-order valence-corrected chi connectivity index (χ2v) is 13.7. The third-order valence-electron chi connectivity index (χ3n) is 8.96. The minimum absolute atomic E-state index is 0.0406. The molecular weight excluding hydrogens is 476 g/mol. The molecule has 4 fully saturated rings. The van der Waals surface area contributed by atoms with Gasteiger partial charge in [0.25, 0.3) is 0 Å². The quantitative estimate of drug-likeness (QED) is 0.348. The molecule has 1 saturated carbocycles. The van der Waals surface area contributed by atoms with Crippen molar-refractivity contribution in [2.45, 2.75) is 107 Å². The fourth-order valence-electron chi connectivity index (χ4n) is 7.55. The van der Waals surface area contributed by atoms with Gasteiger partial charge >= 0.3 is 5.97 Å². The van der Waals surface area contributed by atoms with Gasteiger partial charge in [-0.25, -0.2) is 0 Å². The normalized spacial score (nSPS) is 34.7. The smallest absolute Gasteiger partial charge is 0.311 e. The lowest BCUT2D eigenvalue weighted by Crippen LogP contribution is -2.59. The Kier molecular flexibility index (Phi) is 8.15. The molecular formula is C28H44N2O5S. The summed E-state index contributed by atoms with van der Waals surface area (Å²) in [5.74, 6) is -1.48. The first kappa shape index (κ1) is 27.5. The highest BCUT2D eigenvalue weighted by atomic mass is 32.2. The topological polar surface area (TPSA) is 87.2 Å². The zero-order chi connectivity index (χ0) is 26.3. The molecule has 36 heavy (non-hydrogen) atoms. The third-order valence-corrected chi connectivity index (χ3v) is 10.9. The fourth-order valence-corrected chi connectivity index (χ4v) is 9.88. The van der Waals surface area contributed by atoms with E-state index in [-0.39, 0.29) is 43.0 Å². The first-order valence-electron chi connectivity index (χ1n) is 13.9. The summed E-state index contributed by atoms with van der Waals surface area (Å²) in [6.45, 7) is 12.4. The average Bonchev–Trinajstić information content (AvgIpc) is 3.42. The van der Waals surface area contributed by atoms with Crippen LogP contribution in [-0.4, -0.2) is 80.1 Å². The Balaban J connectivity index is 1.80. The number of carbonyl (C=O) groups is 3. The molecule has 2 bridgehead atoms. The van der Waals surface area contributed by atoms with Crippen molar-refractivity contribution in [1.29, 1.82) is 0 Å². The largest absolute Gasteiger partial charge is 0.466 e. The van der Waals surface area contributed by atoms with Gasteiger partial charge in [-0.15, -0.1) is 18.3 Å². The Labute approximate surface area is 220 Å². The SMILES string of the molecule is C=CCN(C(=O)C1N([C@@H](CO)CC(C)C)C(=O)[C@@H]2[C@@H](C(=O)OCC)[C@@]3(C)CCC12S3)C1CCCCC1. The lowest BCUT2D eigenvalue weighted by Gasteiger charge is -2.42. The summed E-state index contributed by atoms with van der Waals surface area (Å²) in [5, 5.41) is 10.5. The number of thioether (sulfide) groups is 1. The number of nitrogens with zero attached hydrogens (tertiary/aromatic N) is 2. The molecule has 8 heteroatoms. The average molecular weight is 521 g/mol. The lowest BCUT2D eigenvalue weighted by atomic mass is 9.66. The Hall–Kier alpha value is -1.54. The Morgan fingerprint density at radius 1 is 1.28 bits per heavy atom. The fraction of sp³-hybridized carbons (Fsp3) is 0.821. The first-order chi connectivity index (χ1) is 17.1. The maximum Gasteiger partial charge on any atom is 0.311 e. The van der Waals surface area contributed by atoms with E-state index in [1.807, 2.05) is 4.90 Å². The van der Waals surface area contributed by atoms with Crippen molar-refractivity contribution in [1.82, 2.24) is 9.80 Å². The summed E-state index contributed by atoms with van der Waals surface area (Å²) >= 11 is 1.67. The van der Waals surface area contributed by atoms with E-state index in [1.54, 1.807) is 29.7 Å². The van der Waals surface area contributed by atoms with Gasteiger partial charge in [-0.05, 0) is 51.9 Å². The number of fused-ring (bicyclic) bond motifs is 1. The van der Waals surface area contributed by atoms with Crippen LogP contribution in [0.25, 0.3) is 0 Å². The minimum atomic E-state index is -0.695. The van der Waals surface area contributed by atoms with Crippen LogP contribution in [-0.2, 0) is 19.1 Å². The number of rotatable bonds is 10. The van der Waals surface area contributed by atoms with Crippen molar-refractivity contribution in [2.24, 2.45) is 17.8 Å². The molecule has 1 aliphatic carbocycles. The van der Waals surface area contributed by atoms with Crippen LogP contribution >= 0.6 is 11.8 Å². The highest BCUT2D eigenvalue weighted by Gasteiger charge is 2.78. The molecule has 7 nitrogen and oxygen atoms in total. The number of carbonyl (C=O) groups excluding carboxylic acids is 3. The predicted molar refractivity (Wildman–Crippen MR) is 141 cm³/mol. The summed E-state index contributed by atoms with van der Waals surface area (Å²) in [4.78, 5) is 45.8. The molecule has 1 spiro atoms. The molecule has 3 aliphatic heterocycles. The molecule has 0 radical (unpaired) electrons. The summed E-state index contributed by atoms with van der Waals surface area (Å²) < 4.78 is 4.37. The second-order valence-electron chi connectivity index (χ2n) is 11.8. The number of amides is 2. The van der Waals surface area contributed by atoms with E-state index < -0.39 is 33.4 Å². The zero-order valence-electron chi connectivity index (χ0n) is 22.4. The van der Waals surface area contributed by atoms with Gasteiger partial charge in [-0.2, -0.15) is 0 Å². The number of esters is 1. The van der Waals surface area contributed by atoms with Crippen molar-refractivity contribution in [3.05, 3.63) is 12.7 Å². The standard InChI is InChI=1S/C28H44N2O5S/c1-6-15-29(19-11-9-8-10-12-19)25(33)23-28-14-13-27(5,36-28)22(26(34)35-7-2)21(28)24(32)30(23)20(17-31)16-18(3)4/h6,18-23,31H,1,7-17H2,2-5H3/t20-,21+,22+,23?,27-,28?/m1/s1. The van der Waals surface area contributed by atoms with Gasteiger partial charge in [0.1, 0.15) is 6.04 Å². The molecule has 0 aromatic heterocycles. The van der Waals surface area contributed by atoms with E-state index in [1.165, 1.54) is 6.42 Å². The van der Waals surface area contributed by atoms with Crippen LogP contribution in [0.2, 0.25) is 0 Å². The maximum absolute atomic E-state index is 14.6. The van der Waals surface area contributed by atoms with Crippen LogP contribution in [0, 0.1) is 17.8 Å². The van der Waals surface area contributed by atoms with E-state index in [0.717, 1.165) is 32.1 Å². The summed E-state index contributed by atoms with van der Waals surface area (Å²) in [7, 11) is 0. The number of ether oxygens (including phenoxy) is 1. The molecule has 0 aromatic rings. The molecule has 2 unspecified atom stereocenters. The summed E-state index contributed by atoms with van der Waals surface area (Å²) in [5.41, 5.74) is 0. The Bertz CT molecular complexity index is 874. The number of likely N-dealkylation sites (tertiary alicyclic amines) is 1. The van der Waals surface area contributed by atoms with Crippen molar-refractivity contribution < 1.29 is 24.2 Å². The molecule has 3 saturated heterocycles. The van der Waals surface area contributed by atoms with Gasteiger partial charge in [0.15, 0.2) is 0 Å². The van der Waals surface area contributed by atoms with Crippen LogP contribution in [0.1, 0.15) is 79.1 Å². The van der Waals surface area contributed by atoms with Gasteiger partial charge in [0, 0.05) is 17.3 Å². The van der Waals surface area contributed by atoms with E-state index in [4.69, 9.17) is 4.74 Å². The molecule has 4 aliphatic rings. The predicted octanol–water partition coefficient (Wildman–Crippen LogP) is 3.79. The molecule has 0 aromatic carbocycles. The van der Waals surface area contributed by atoms with Crippen molar-refractivity contribution >= 4 is 29.5 Å². The number of aliphatic hydroxyl groups is 1. The first-order valence-corrected chi connectivity index (χ1v) is 14.7. The Morgan fingerprint density at radius 3 is 2.56 bits per heavy atom. The van der Waals surface area contributed by atoms with Crippen LogP contribution in [0.15, 0.2) is 12.7 Å². The monoisotopic (exact) mass is 520 g/mol. The molecule has 2 amide bonds. The van der Waals surface area contributed by atoms with Crippen LogP contribution in [0.5, 0.6) is 0 Å². The van der Waals surface area contributed by atoms with E-state index in [2.05, 4.69) is 27.4 Å². The van der Waals surface area contributed by atoms with Gasteiger partial charge in [0.2, 0.25) is 11.8 Å². The molecule has 1 N–H and O–H groups in total. The van der Waals surface area contributed by atoms with E-state index in [9.17, 15) is 19.5 Å². The van der Waals surface area contributed by atoms with Gasteiger partial charge in [-0.1, -0.05) is 39.2 Å². The summed E-state index contributed by atoms with van der Waals surface area (Å²) in [6, 6.07) is -1.02. The molecule has 6 atom stereocenters. The van der Waals surface area contributed by atoms with E-state index >= 15 is 0 Å². The minimum Gasteiger partial charge on any atom is -0.466 e. The molecule has 4 rings (SSSR count). The van der Waals surface area contributed by atoms with Crippen LogP contribution in [0.3, 0.4) is 0 Å². The van der Waals surface area contributed by atoms with E-state index in [0.29, 0.717) is 19.4 Å². The number of hydrogen-bond acceptors (Lipinski definition) is 6. The van der Waals surface area contributed by atoms with Gasteiger partial charge in [-0.3, -0.25) is 14.4 Å². The highest BCUT2D eigenvalue weighted by Crippen LogP contribution is 2.72. The van der Waals surface area contributed by atoms with Crippen molar-refractivity contribution in [3.8, 4) is 0 Å². The third kappa shape index (κ3) is 4.40. The van der Waals surface area contributed by atoms with Crippen molar-refractivity contribution in [3.63, 3.8) is 0 Å². The van der Waals surface area contributed by atoms with Gasteiger partial charge in [0.05, 0.1) is 35.8 Å². The lowest BCUT2D eigenvalue weighted by molar-refractivity contribution is -0.155. The zero-order valence-corrected chi connectivity index (χ0v) is 23.2. The van der Waals surface area contributed by atoms with Gasteiger partial charge < -0.3 is 19.6 Å². The number of aliphatic hydroxyl groups excluding tert-OH is 1.